The van der Waals surface area contributed by atoms with Crippen LogP contribution >= 0.6 is 11.8 Å². The van der Waals surface area contributed by atoms with Crippen LogP contribution in [0.1, 0.15) is 16.7 Å². The lowest BCUT2D eigenvalue weighted by atomic mass is 10.2. The Balaban J connectivity index is 1.74. The van der Waals surface area contributed by atoms with E-state index in [2.05, 4.69) is 41.7 Å². The van der Waals surface area contributed by atoms with Crippen LogP contribution in [0.2, 0.25) is 0 Å². The molecule has 0 radical (unpaired) electrons. The van der Waals surface area contributed by atoms with E-state index >= 15 is 0 Å². The quantitative estimate of drug-likeness (QED) is 0.626. The molecule has 0 saturated heterocycles. The average molecular weight is 328 g/mol. The molecule has 0 bridgehead atoms. The topological polar surface area (TPSA) is 50.7 Å². The molecule has 0 unspecified atom stereocenters. The van der Waals surface area contributed by atoms with E-state index in [1.807, 2.05) is 24.3 Å². The van der Waals surface area contributed by atoms with Crippen molar-refractivity contribution in [3.8, 4) is 5.75 Å². The first-order valence-electron chi connectivity index (χ1n) is 7.27. The lowest BCUT2D eigenvalue weighted by Crippen LogP contribution is -2.19. The molecule has 0 aromatic heterocycles. The van der Waals surface area contributed by atoms with Gasteiger partial charge in [-0.3, -0.25) is 4.79 Å². The van der Waals surface area contributed by atoms with Gasteiger partial charge in [0, 0.05) is 11.3 Å². The van der Waals surface area contributed by atoms with Gasteiger partial charge in [0.25, 0.3) is 0 Å². The van der Waals surface area contributed by atoms with Crippen molar-refractivity contribution in [2.24, 2.45) is 5.10 Å². The van der Waals surface area contributed by atoms with Gasteiger partial charge in [0.2, 0.25) is 5.91 Å². The summed E-state index contributed by atoms with van der Waals surface area (Å²) in [6.45, 7) is 2.06. The Morgan fingerprint density at radius 2 is 1.96 bits per heavy atom. The molecule has 23 heavy (non-hydrogen) atoms. The van der Waals surface area contributed by atoms with E-state index in [0.717, 1.165) is 17.1 Å². The fourth-order valence-electron chi connectivity index (χ4n) is 1.93. The maximum Gasteiger partial charge on any atom is 0.250 e. The molecule has 1 amide bonds. The van der Waals surface area contributed by atoms with E-state index in [4.69, 9.17) is 4.74 Å². The number of hydrogen-bond donors (Lipinski definition) is 1. The van der Waals surface area contributed by atoms with Gasteiger partial charge < -0.3 is 4.74 Å². The first-order chi connectivity index (χ1) is 11.2. The molecule has 0 aliphatic heterocycles. The zero-order valence-electron chi connectivity index (χ0n) is 13.3. The van der Waals surface area contributed by atoms with Gasteiger partial charge >= 0.3 is 0 Å². The number of nitrogens with one attached hydrogen (secondary N) is 1. The first kappa shape index (κ1) is 17.1. The highest BCUT2D eigenvalue weighted by Gasteiger charge is 2.01. The molecule has 0 heterocycles. The van der Waals surface area contributed by atoms with E-state index in [0.29, 0.717) is 5.75 Å². The van der Waals surface area contributed by atoms with E-state index in [9.17, 15) is 4.79 Å². The Kier molecular flexibility index (Phi) is 6.69. The summed E-state index contributed by atoms with van der Waals surface area (Å²) >= 11 is 1.56. The fourth-order valence-corrected chi connectivity index (χ4v) is 2.71. The van der Waals surface area contributed by atoms with Crippen LogP contribution in [-0.2, 0) is 10.5 Å². The highest BCUT2D eigenvalue weighted by molar-refractivity contribution is 7.99. The Labute approximate surface area is 140 Å². The van der Waals surface area contributed by atoms with Crippen LogP contribution in [0.3, 0.4) is 0 Å². The predicted octanol–water partition coefficient (Wildman–Crippen LogP) is 3.39. The number of rotatable bonds is 7. The highest BCUT2D eigenvalue weighted by Crippen LogP contribution is 2.15. The summed E-state index contributed by atoms with van der Waals surface area (Å²) in [5, 5.41) is 3.97. The van der Waals surface area contributed by atoms with E-state index < -0.39 is 0 Å². The number of ether oxygens (including phenoxy) is 1. The minimum absolute atomic E-state index is 0.117. The molecule has 2 rings (SSSR count). The highest BCUT2D eigenvalue weighted by atomic mass is 32.2. The van der Waals surface area contributed by atoms with Crippen LogP contribution in [0.25, 0.3) is 0 Å². The normalized spacial score (nSPS) is 10.7. The summed E-state index contributed by atoms with van der Waals surface area (Å²) in [5.74, 6) is 1.79. The average Bonchev–Trinajstić information content (AvgIpc) is 2.57. The Morgan fingerprint density at radius 1 is 1.22 bits per heavy atom. The van der Waals surface area contributed by atoms with Crippen LogP contribution < -0.4 is 10.2 Å². The second-order valence-electron chi connectivity index (χ2n) is 5.01. The third-order valence-electron chi connectivity index (χ3n) is 3.15. The van der Waals surface area contributed by atoms with Gasteiger partial charge in [-0.25, -0.2) is 5.43 Å². The number of methoxy groups -OCH3 is 1. The summed E-state index contributed by atoms with van der Waals surface area (Å²) in [5.41, 5.74) is 5.81. The monoisotopic (exact) mass is 328 g/mol. The molecular formula is C18H20N2O2S. The summed E-state index contributed by atoms with van der Waals surface area (Å²) in [6.07, 6.45) is 1.58. The van der Waals surface area contributed by atoms with Gasteiger partial charge in [-0.2, -0.15) is 5.10 Å². The number of hydrazone groups is 1. The second-order valence-corrected chi connectivity index (χ2v) is 6.00. The molecule has 0 spiro atoms. The van der Waals surface area contributed by atoms with E-state index in [1.54, 1.807) is 25.1 Å². The maximum atomic E-state index is 11.8. The molecule has 0 aliphatic rings. The van der Waals surface area contributed by atoms with Crippen LogP contribution in [0.4, 0.5) is 0 Å². The lowest BCUT2D eigenvalue weighted by Gasteiger charge is -2.04. The molecule has 120 valence electrons. The van der Waals surface area contributed by atoms with Gasteiger partial charge in [0.05, 0.1) is 19.1 Å². The Morgan fingerprint density at radius 3 is 2.70 bits per heavy atom. The molecule has 0 aliphatic carbocycles. The number of carbonyl (C=O) groups excluding carboxylic acids is 1. The fraction of sp³-hybridized carbons (Fsp3) is 0.222. The number of aryl methyl sites for hydroxylation is 1. The van der Waals surface area contributed by atoms with Gasteiger partial charge in [0.1, 0.15) is 5.75 Å². The van der Waals surface area contributed by atoms with Crippen molar-refractivity contribution < 1.29 is 9.53 Å². The Bertz CT molecular complexity index is 669. The van der Waals surface area contributed by atoms with Crippen molar-refractivity contribution in [1.82, 2.24) is 5.43 Å². The smallest absolute Gasteiger partial charge is 0.250 e. The second kappa shape index (κ2) is 9.00. The minimum atomic E-state index is -0.117. The molecule has 2 aromatic carbocycles. The number of hydrogen-bond acceptors (Lipinski definition) is 4. The summed E-state index contributed by atoms with van der Waals surface area (Å²) in [7, 11) is 1.60. The minimum Gasteiger partial charge on any atom is -0.496 e. The van der Waals surface area contributed by atoms with Crippen LogP contribution in [0.15, 0.2) is 53.6 Å². The molecule has 2 aromatic rings. The van der Waals surface area contributed by atoms with Crippen molar-refractivity contribution in [2.75, 3.05) is 12.9 Å². The van der Waals surface area contributed by atoms with Crippen LogP contribution in [-0.4, -0.2) is 25.0 Å². The number of amides is 1. The van der Waals surface area contributed by atoms with Crippen molar-refractivity contribution in [3.63, 3.8) is 0 Å². The van der Waals surface area contributed by atoms with Gasteiger partial charge in [-0.05, 0) is 24.6 Å². The summed E-state index contributed by atoms with van der Waals surface area (Å²) in [4.78, 5) is 11.8. The lowest BCUT2D eigenvalue weighted by molar-refractivity contribution is -0.118. The van der Waals surface area contributed by atoms with Crippen molar-refractivity contribution in [2.45, 2.75) is 12.7 Å². The van der Waals surface area contributed by atoms with Crippen molar-refractivity contribution in [3.05, 3.63) is 65.2 Å². The molecule has 0 atom stereocenters. The molecule has 0 saturated carbocycles. The van der Waals surface area contributed by atoms with Gasteiger partial charge in [-0.15, -0.1) is 11.8 Å². The zero-order chi connectivity index (χ0) is 16.5. The van der Waals surface area contributed by atoms with Gasteiger partial charge in [0.15, 0.2) is 0 Å². The third kappa shape index (κ3) is 5.79. The number of nitrogens with zero attached hydrogens (tertiary/aromatic N) is 1. The molecule has 4 nitrogen and oxygen atoms in total. The largest absolute Gasteiger partial charge is 0.496 e. The SMILES string of the molecule is COc1ccccc1/C=N\NC(=O)CSCc1ccc(C)cc1. The predicted molar refractivity (Wildman–Crippen MR) is 96.1 cm³/mol. The first-order valence-corrected chi connectivity index (χ1v) is 8.42. The summed E-state index contributed by atoms with van der Waals surface area (Å²) in [6, 6.07) is 15.8. The standard InChI is InChI=1S/C18H20N2O2S/c1-14-7-9-15(10-8-14)12-23-13-18(21)20-19-11-16-5-3-4-6-17(16)22-2/h3-11H,12-13H2,1-2H3,(H,20,21)/b19-11-. The van der Waals surface area contributed by atoms with Crippen molar-refractivity contribution >= 4 is 23.9 Å². The van der Waals surface area contributed by atoms with Gasteiger partial charge in [-0.1, -0.05) is 42.0 Å². The zero-order valence-corrected chi connectivity index (χ0v) is 14.1. The Hall–Kier alpha value is -2.27. The van der Waals surface area contributed by atoms with Crippen LogP contribution in [0.5, 0.6) is 5.75 Å². The van der Waals surface area contributed by atoms with Crippen LogP contribution in [0, 0.1) is 6.92 Å². The number of benzene rings is 2. The number of para-hydroxylation sites is 1. The molecule has 0 fully saturated rings. The summed E-state index contributed by atoms with van der Waals surface area (Å²) < 4.78 is 5.22. The molecule has 5 heteroatoms. The molecular weight excluding hydrogens is 308 g/mol. The molecule has 1 N–H and O–H groups in total. The number of carbonyl (C=O) groups is 1. The maximum absolute atomic E-state index is 11.8. The van der Waals surface area contributed by atoms with E-state index in [-0.39, 0.29) is 5.91 Å². The number of thioether (sulfide) groups is 1. The van der Waals surface area contributed by atoms with Crippen molar-refractivity contribution in [1.29, 1.82) is 0 Å². The third-order valence-corrected chi connectivity index (χ3v) is 4.16. The van der Waals surface area contributed by atoms with E-state index in [1.165, 1.54) is 11.1 Å².